The Balaban J connectivity index is 1.00. The maximum Gasteiger partial charge on any atom is 0.308 e. The molecule has 0 saturated carbocycles. The molecule has 4 aromatic carbocycles. The fraction of sp³-hybridized carbons (Fsp3) is 0.760. The van der Waals surface area contributed by atoms with E-state index in [4.69, 9.17) is 172 Å². The van der Waals surface area contributed by atoms with E-state index in [0.717, 1.165) is 72.3 Å². The second-order valence-corrected chi connectivity index (χ2v) is 32.7. The van der Waals surface area contributed by atoms with Gasteiger partial charge in [0.05, 0.1) is 409 Å². The molecule has 2 N–H and O–H groups in total. The van der Waals surface area contributed by atoms with E-state index in [1.807, 2.05) is 32.9 Å². The van der Waals surface area contributed by atoms with Crippen LogP contribution in [0.5, 0.6) is 11.5 Å². The van der Waals surface area contributed by atoms with Crippen molar-refractivity contribution in [3.8, 4) is 44.9 Å². The van der Waals surface area contributed by atoms with E-state index in [0.29, 0.717) is 429 Å². The van der Waals surface area contributed by atoms with Gasteiger partial charge in [0, 0.05) is 32.8 Å². The Labute approximate surface area is 839 Å². The van der Waals surface area contributed by atoms with Crippen LogP contribution in [0.1, 0.15) is 76.8 Å². The summed E-state index contributed by atoms with van der Waals surface area (Å²) in [5, 5.41) is 0. The smallest absolute Gasteiger partial charge is 0.308 e. The molecule has 812 valence electrons. The Bertz CT molecular complexity index is 3320. The number of benzene rings is 4. The summed E-state index contributed by atoms with van der Waals surface area (Å²) in [5.41, 5.74) is 14.3. The SMILES string of the molecule is COCCOCCOCCOCCOCCOCCOCCOCCOCCOCCOCCOCCCC1(CCCOCCOCCOCCOCCOCCOCCOCCOCCOCCOCCOCCOC)c2cc(-c3ccc(OCCCCN)cc3)ccc2-c2ccc(-c3ccc(OCCOCCOCCOCCOCCOCCOCCOCCOCCC(=O)OC(C)(C)C)cc3)cc21. The van der Waals surface area contributed by atoms with Gasteiger partial charge in [-0.2, -0.15) is 0 Å². The minimum atomic E-state index is -0.501. The van der Waals surface area contributed by atoms with Crippen LogP contribution in [0.4, 0.5) is 0 Å². The minimum absolute atomic E-state index is 0.212. The van der Waals surface area contributed by atoms with E-state index in [2.05, 4.69) is 72.8 Å². The van der Waals surface area contributed by atoms with Crippen LogP contribution in [0.3, 0.4) is 0 Å². The lowest BCUT2D eigenvalue weighted by Crippen LogP contribution is -2.27. The van der Waals surface area contributed by atoms with Crippen LogP contribution < -0.4 is 15.2 Å². The monoisotopic (exact) mass is 2010 g/mol. The zero-order valence-electron chi connectivity index (χ0n) is 85.8. The minimum Gasteiger partial charge on any atom is -0.494 e. The Morgan fingerprint density at radius 3 is 0.645 bits per heavy atom. The second-order valence-electron chi connectivity index (χ2n) is 32.7. The number of unbranched alkanes of at least 4 members (excludes halogenated alkanes) is 1. The van der Waals surface area contributed by atoms with Crippen molar-refractivity contribution in [1.82, 2.24) is 0 Å². The quantitative estimate of drug-likeness (QED) is 0.0317. The molecule has 0 amide bonds. The van der Waals surface area contributed by atoms with Crippen LogP contribution in [-0.4, -0.2) is 455 Å². The second kappa shape index (κ2) is 93.2. The van der Waals surface area contributed by atoms with Crippen LogP contribution in [0.15, 0.2) is 84.9 Å². The first-order valence-corrected chi connectivity index (χ1v) is 50.7. The molecule has 141 heavy (non-hydrogen) atoms. The third kappa shape index (κ3) is 70.2. The highest BCUT2D eigenvalue weighted by molar-refractivity contribution is 5.86. The normalized spacial score (nSPS) is 12.4. The van der Waals surface area contributed by atoms with Gasteiger partial charge < -0.3 is 172 Å². The summed E-state index contributed by atoms with van der Waals surface area (Å²) in [6, 6.07) is 30.6. The van der Waals surface area contributed by atoms with Crippen LogP contribution in [0, 0.1) is 0 Å². The van der Waals surface area contributed by atoms with Gasteiger partial charge in [-0.3, -0.25) is 4.79 Å². The van der Waals surface area contributed by atoms with E-state index in [-0.39, 0.29) is 12.4 Å². The lowest BCUT2D eigenvalue weighted by Gasteiger charge is -2.33. The van der Waals surface area contributed by atoms with Crippen LogP contribution in [-0.2, 0) is 167 Å². The molecular formula is C104H175NO36. The topological polar surface area (TPSA) is 366 Å². The molecule has 0 spiro atoms. The number of nitrogens with two attached hydrogens (primary N) is 1. The van der Waals surface area contributed by atoms with Crippen molar-refractivity contribution in [2.45, 2.75) is 76.7 Å². The first-order chi connectivity index (χ1) is 69.7. The van der Waals surface area contributed by atoms with Gasteiger partial charge in [0.1, 0.15) is 23.7 Å². The summed E-state index contributed by atoms with van der Waals surface area (Å²) >= 11 is 0. The zero-order valence-corrected chi connectivity index (χ0v) is 85.8. The molecule has 0 fully saturated rings. The third-order valence-electron chi connectivity index (χ3n) is 20.7. The van der Waals surface area contributed by atoms with Crippen molar-refractivity contribution < 1.29 is 171 Å². The summed E-state index contributed by atoms with van der Waals surface area (Å²) in [5.74, 6) is 1.30. The molecule has 0 radical (unpaired) electrons. The molecule has 37 nitrogen and oxygen atoms in total. The van der Waals surface area contributed by atoms with Crippen molar-refractivity contribution in [3.05, 3.63) is 96.1 Å². The van der Waals surface area contributed by atoms with Gasteiger partial charge in [0.2, 0.25) is 0 Å². The maximum absolute atomic E-state index is 11.7. The molecular weight excluding hydrogens is 1840 g/mol. The number of fused-ring (bicyclic) bond motifs is 3. The summed E-state index contributed by atoms with van der Waals surface area (Å²) in [4.78, 5) is 11.7. The molecule has 1 aliphatic rings. The molecule has 0 saturated heterocycles. The highest BCUT2D eigenvalue weighted by atomic mass is 16.6. The van der Waals surface area contributed by atoms with E-state index >= 15 is 0 Å². The summed E-state index contributed by atoms with van der Waals surface area (Å²) in [7, 11) is 3.29. The number of esters is 1. The first-order valence-electron chi connectivity index (χ1n) is 50.7. The number of carbonyl (C=O) groups is 1. The van der Waals surface area contributed by atoms with Crippen molar-refractivity contribution in [2.24, 2.45) is 5.73 Å². The summed E-state index contributed by atoms with van der Waals surface area (Å²) < 4.78 is 197. The molecule has 0 atom stereocenters. The van der Waals surface area contributed by atoms with Gasteiger partial charge in [0.25, 0.3) is 0 Å². The molecule has 0 heterocycles. The number of ether oxygens (including phenoxy) is 35. The van der Waals surface area contributed by atoms with E-state index in [1.165, 1.54) is 22.3 Å². The van der Waals surface area contributed by atoms with Crippen LogP contribution in [0.25, 0.3) is 33.4 Å². The van der Waals surface area contributed by atoms with Gasteiger partial charge in [-0.1, -0.05) is 48.5 Å². The lowest BCUT2D eigenvalue weighted by molar-refractivity contribution is -0.156. The van der Waals surface area contributed by atoms with Crippen molar-refractivity contribution >= 4 is 5.97 Å². The molecule has 37 heteroatoms. The third-order valence-corrected chi connectivity index (χ3v) is 20.7. The zero-order chi connectivity index (χ0) is 99.9. The molecule has 5 rings (SSSR count). The Hall–Kier alpha value is -5.37. The van der Waals surface area contributed by atoms with Gasteiger partial charge in [-0.25, -0.2) is 0 Å². The Kier molecular flexibility index (Phi) is 83.3. The molecule has 1 aliphatic carbocycles. The molecule has 4 aromatic rings. The van der Waals surface area contributed by atoms with E-state index in [1.54, 1.807) is 14.2 Å². The van der Waals surface area contributed by atoms with Crippen LogP contribution >= 0.6 is 0 Å². The molecule has 0 aromatic heterocycles. The summed E-state index contributed by atoms with van der Waals surface area (Å²) in [6.07, 6.45) is 5.27. The van der Waals surface area contributed by atoms with Gasteiger partial charge in [-0.15, -0.1) is 0 Å². The number of hydrogen-bond acceptors (Lipinski definition) is 37. The highest BCUT2D eigenvalue weighted by Crippen LogP contribution is 2.55. The number of carbonyl (C=O) groups excluding carboxylic acids is 1. The standard InChI is InChI=1S/C104H175NO36/c1-103(2,3)141-102(106)22-29-111-36-39-116-46-49-121-56-59-126-66-69-135-82-83-136-84-85-137-86-87-138-88-89-140-97-18-12-93(13-19-97)95-15-21-99-98-20-14-94(92-10-16-96(17-11-92)139-28-7-6-25-105)90-100(98)104(101(99)91-95,23-8-26-109-34-37-114-44-47-119-54-57-124-64-67-129-74-76-133-80-78-131-72-70-127-62-60-122-52-50-117-42-40-112-32-30-107-4)24-9-27-110-35-38-115-45-48-120-55-58-125-65-68-130-75-77-134-81-79-132-73-71-128-63-61-123-53-51-118-43-41-113-33-31-108-5/h10-21,90-91H,6-9,22-89,105H2,1-5H3. The van der Waals surface area contributed by atoms with Gasteiger partial charge >= 0.3 is 5.97 Å². The summed E-state index contributed by atoms with van der Waals surface area (Å²) in [6.45, 7) is 36.4. The van der Waals surface area contributed by atoms with E-state index in [9.17, 15) is 4.79 Å². The number of hydrogen-bond donors (Lipinski definition) is 1. The highest BCUT2D eigenvalue weighted by Gasteiger charge is 2.43. The largest absolute Gasteiger partial charge is 0.494 e. The Morgan fingerprint density at radius 2 is 0.426 bits per heavy atom. The average Bonchev–Trinajstić information content (AvgIpc) is 1.56. The van der Waals surface area contributed by atoms with Gasteiger partial charge in [0.15, 0.2) is 0 Å². The van der Waals surface area contributed by atoms with Crippen molar-refractivity contribution in [1.29, 1.82) is 0 Å². The molecule has 0 unspecified atom stereocenters. The lowest BCUT2D eigenvalue weighted by atomic mass is 9.70. The Morgan fingerprint density at radius 1 is 0.227 bits per heavy atom. The predicted molar refractivity (Wildman–Crippen MR) is 530 cm³/mol. The fourth-order valence-corrected chi connectivity index (χ4v) is 13.7. The van der Waals surface area contributed by atoms with E-state index < -0.39 is 11.0 Å². The van der Waals surface area contributed by atoms with Crippen LogP contribution in [0.2, 0.25) is 0 Å². The first kappa shape index (κ1) is 126. The number of rotatable bonds is 109. The van der Waals surface area contributed by atoms with Gasteiger partial charge in [-0.05, 0) is 147 Å². The van der Waals surface area contributed by atoms with Crippen molar-refractivity contribution in [2.75, 3.05) is 444 Å². The number of methoxy groups -OCH3 is 2. The molecule has 0 aliphatic heterocycles. The average molecular weight is 2020 g/mol. The van der Waals surface area contributed by atoms with Crippen molar-refractivity contribution in [3.63, 3.8) is 0 Å². The predicted octanol–water partition coefficient (Wildman–Crippen LogP) is 9.87. The maximum atomic E-state index is 11.7. The molecule has 0 bridgehead atoms. The fourth-order valence-electron chi connectivity index (χ4n) is 13.7.